The summed E-state index contributed by atoms with van der Waals surface area (Å²) < 4.78 is 13.9. The molecule has 1 unspecified atom stereocenters. The van der Waals surface area contributed by atoms with E-state index in [1.54, 1.807) is 6.07 Å². The zero-order valence-corrected chi connectivity index (χ0v) is 12.1. The van der Waals surface area contributed by atoms with Crippen molar-refractivity contribution in [1.29, 1.82) is 0 Å². The lowest BCUT2D eigenvalue weighted by atomic mass is 9.76. The van der Waals surface area contributed by atoms with Crippen LogP contribution in [-0.2, 0) is 6.42 Å². The number of halogens is 1. The molecule has 2 aromatic rings. The molecule has 0 aromatic heterocycles. The minimum absolute atomic E-state index is 0.0568. The van der Waals surface area contributed by atoms with Crippen LogP contribution in [0.3, 0.4) is 0 Å². The van der Waals surface area contributed by atoms with Crippen LogP contribution in [0.1, 0.15) is 47.9 Å². The van der Waals surface area contributed by atoms with Crippen LogP contribution in [0, 0.1) is 5.82 Å². The molecule has 3 rings (SSSR count). The topological polar surface area (TPSA) is 38.0 Å². The van der Waals surface area contributed by atoms with Crippen molar-refractivity contribution >= 4 is 0 Å². The Morgan fingerprint density at radius 1 is 1.10 bits per heavy atom. The third-order valence-corrected chi connectivity index (χ3v) is 4.50. The second-order valence-electron chi connectivity index (χ2n) is 5.77. The predicted octanol–water partition coefficient (Wildman–Crippen LogP) is 3.84. The van der Waals surface area contributed by atoms with E-state index < -0.39 is 0 Å². The van der Waals surface area contributed by atoms with Gasteiger partial charge in [0.2, 0.25) is 0 Å². The van der Waals surface area contributed by atoms with E-state index in [1.165, 1.54) is 36.5 Å². The second kappa shape index (κ2) is 6.37. The van der Waals surface area contributed by atoms with Crippen LogP contribution in [0.25, 0.3) is 0 Å². The van der Waals surface area contributed by atoms with Crippen molar-refractivity contribution in [2.24, 2.45) is 5.84 Å². The lowest BCUT2D eigenvalue weighted by Gasteiger charge is -2.30. The van der Waals surface area contributed by atoms with Gasteiger partial charge in [-0.15, -0.1) is 0 Å². The van der Waals surface area contributed by atoms with Gasteiger partial charge in [-0.2, -0.15) is 0 Å². The molecule has 1 atom stereocenters. The largest absolute Gasteiger partial charge is 0.271 e. The van der Waals surface area contributed by atoms with Crippen LogP contribution in [-0.4, -0.2) is 0 Å². The molecule has 3 N–H and O–H groups in total. The maximum Gasteiger partial charge on any atom is 0.126 e. The molecule has 21 heavy (non-hydrogen) atoms. The first kappa shape index (κ1) is 14.2. The summed E-state index contributed by atoms with van der Waals surface area (Å²) in [6.07, 6.45) is 4.35. The molecule has 2 nitrogen and oxygen atoms in total. The van der Waals surface area contributed by atoms with Crippen molar-refractivity contribution in [2.45, 2.75) is 37.6 Å². The van der Waals surface area contributed by atoms with Crippen molar-refractivity contribution in [1.82, 2.24) is 5.43 Å². The van der Waals surface area contributed by atoms with Crippen molar-refractivity contribution in [2.75, 3.05) is 0 Å². The number of rotatable bonds is 5. The Balaban J connectivity index is 1.88. The Labute approximate surface area is 125 Å². The van der Waals surface area contributed by atoms with E-state index in [0.717, 1.165) is 0 Å². The Morgan fingerprint density at radius 3 is 2.48 bits per heavy atom. The fraction of sp³-hybridized carbons (Fsp3) is 0.333. The molecule has 3 heteroatoms. The molecule has 0 saturated heterocycles. The van der Waals surface area contributed by atoms with Crippen LogP contribution in [0.4, 0.5) is 4.39 Å². The van der Waals surface area contributed by atoms with E-state index in [4.69, 9.17) is 5.84 Å². The minimum Gasteiger partial charge on any atom is -0.271 e. The molecule has 1 fully saturated rings. The molecule has 0 heterocycles. The molecule has 0 radical (unpaired) electrons. The molecule has 110 valence electrons. The van der Waals surface area contributed by atoms with E-state index in [-0.39, 0.29) is 11.9 Å². The maximum atomic E-state index is 13.9. The van der Waals surface area contributed by atoms with Gasteiger partial charge in [-0.05, 0) is 47.9 Å². The van der Waals surface area contributed by atoms with Gasteiger partial charge >= 0.3 is 0 Å². The zero-order valence-electron chi connectivity index (χ0n) is 12.1. The van der Waals surface area contributed by atoms with Gasteiger partial charge in [0.25, 0.3) is 0 Å². The average molecular weight is 284 g/mol. The summed E-state index contributed by atoms with van der Waals surface area (Å²) in [6.45, 7) is 0. The summed E-state index contributed by atoms with van der Waals surface area (Å²) in [4.78, 5) is 0. The second-order valence-corrected chi connectivity index (χ2v) is 5.77. The number of hydrogen-bond donors (Lipinski definition) is 2. The van der Waals surface area contributed by atoms with Crippen molar-refractivity contribution in [3.05, 3.63) is 71.0 Å². The Hall–Kier alpha value is -1.71. The minimum atomic E-state index is -0.168. The molecule has 1 aliphatic rings. The van der Waals surface area contributed by atoms with E-state index in [9.17, 15) is 4.39 Å². The molecule has 1 aliphatic carbocycles. The highest BCUT2D eigenvalue weighted by Crippen LogP contribution is 2.39. The number of benzene rings is 2. The van der Waals surface area contributed by atoms with Crippen LogP contribution < -0.4 is 11.3 Å². The first-order valence-corrected chi connectivity index (χ1v) is 7.58. The van der Waals surface area contributed by atoms with Gasteiger partial charge in [0.05, 0.1) is 6.04 Å². The van der Waals surface area contributed by atoms with Crippen LogP contribution in [0.15, 0.2) is 48.5 Å². The van der Waals surface area contributed by atoms with Gasteiger partial charge in [0.1, 0.15) is 5.82 Å². The van der Waals surface area contributed by atoms with Crippen molar-refractivity contribution in [3.63, 3.8) is 0 Å². The fourth-order valence-corrected chi connectivity index (χ4v) is 3.06. The lowest BCUT2D eigenvalue weighted by Crippen LogP contribution is -2.31. The summed E-state index contributed by atoms with van der Waals surface area (Å²) in [6, 6.07) is 15.3. The van der Waals surface area contributed by atoms with E-state index in [0.29, 0.717) is 17.9 Å². The normalized spacial score (nSPS) is 16.5. The van der Waals surface area contributed by atoms with Crippen LogP contribution in [0.5, 0.6) is 0 Å². The number of hydrazine groups is 1. The molecule has 1 saturated carbocycles. The zero-order chi connectivity index (χ0) is 14.7. The highest BCUT2D eigenvalue weighted by molar-refractivity contribution is 5.35. The number of nitrogens with one attached hydrogen (secondary N) is 1. The van der Waals surface area contributed by atoms with Gasteiger partial charge in [0, 0.05) is 0 Å². The van der Waals surface area contributed by atoms with Gasteiger partial charge in [-0.25, -0.2) is 4.39 Å². The van der Waals surface area contributed by atoms with E-state index in [1.807, 2.05) is 18.2 Å². The standard InChI is InChI=1S/C18H21FN2/c19-17-11-4-1-6-14(17)12-18(21-20)16-10-3-2-9-15(16)13-7-5-8-13/h1-4,6,9-11,13,18,21H,5,7-8,12,20H2. The van der Waals surface area contributed by atoms with Crippen LogP contribution in [0.2, 0.25) is 0 Å². The molecule has 0 spiro atoms. The molecule has 0 bridgehead atoms. The van der Waals surface area contributed by atoms with Gasteiger partial charge in [0.15, 0.2) is 0 Å². The highest BCUT2D eigenvalue weighted by Gasteiger charge is 2.25. The summed E-state index contributed by atoms with van der Waals surface area (Å²) in [5.41, 5.74) is 6.13. The Morgan fingerprint density at radius 2 is 1.81 bits per heavy atom. The summed E-state index contributed by atoms with van der Waals surface area (Å²) in [5, 5.41) is 0. The molecular weight excluding hydrogens is 263 g/mol. The smallest absolute Gasteiger partial charge is 0.126 e. The van der Waals surface area contributed by atoms with E-state index >= 15 is 0 Å². The first-order chi connectivity index (χ1) is 10.3. The first-order valence-electron chi connectivity index (χ1n) is 7.58. The van der Waals surface area contributed by atoms with Gasteiger partial charge in [-0.1, -0.05) is 48.9 Å². The third-order valence-electron chi connectivity index (χ3n) is 4.50. The quantitative estimate of drug-likeness (QED) is 0.646. The fourth-order valence-electron chi connectivity index (χ4n) is 3.06. The van der Waals surface area contributed by atoms with Gasteiger partial charge < -0.3 is 0 Å². The molecular formula is C18H21FN2. The maximum absolute atomic E-state index is 13.9. The number of hydrogen-bond acceptors (Lipinski definition) is 2. The Bertz CT molecular complexity index is 608. The molecule has 2 aromatic carbocycles. The monoisotopic (exact) mass is 284 g/mol. The number of nitrogens with two attached hydrogens (primary N) is 1. The van der Waals surface area contributed by atoms with Crippen LogP contribution >= 0.6 is 0 Å². The summed E-state index contributed by atoms with van der Waals surface area (Å²) in [5.74, 6) is 6.23. The van der Waals surface area contributed by atoms with Crippen molar-refractivity contribution in [3.8, 4) is 0 Å². The van der Waals surface area contributed by atoms with Crippen molar-refractivity contribution < 1.29 is 4.39 Å². The average Bonchev–Trinajstić information content (AvgIpc) is 2.46. The lowest BCUT2D eigenvalue weighted by molar-refractivity contribution is 0.410. The van der Waals surface area contributed by atoms with E-state index in [2.05, 4.69) is 23.6 Å². The molecule has 0 amide bonds. The van der Waals surface area contributed by atoms with Gasteiger partial charge in [-0.3, -0.25) is 11.3 Å². The molecule has 0 aliphatic heterocycles. The SMILES string of the molecule is NNC(Cc1ccccc1F)c1ccccc1C1CCC1. The summed E-state index contributed by atoms with van der Waals surface area (Å²) >= 11 is 0. The predicted molar refractivity (Wildman–Crippen MR) is 83.2 cm³/mol. The summed E-state index contributed by atoms with van der Waals surface area (Å²) in [7, 11) is 0. The Kier molecular flexibility index (Phi) is 4.32. The highest BCUT2D eigenvalue weighted by atomic mass is 19.1. The third kappa shape index (κ3) is 2.99.